The van der Waals surface area contributed by atoms with Crippen LogP contribution in [0.15, 0.2) is 6.07 Å². The number of aromatic nitrogens is 2. The zero-order valence-corrected chi connectivity index (χ0v) is 14.4. The van der Waals surface area contributed by atoms with Crippen LogP contribution in [0.2, 0.25) is 0 Å². The molecule has 1 aliphatic rings. The lowest BCUT2D eigenvalue weighted by molar-refractivity contribution is 0.182. The van der Waals surface area contributed by atoms with Gasteiger partial charge in [0.05, 0.1) is 5.69 Å². The summed E-state index contributed by atoms with van der Waals surface area (Å²) in [6.07, 6.45) is 9.24. The minimum Gasteiger partial charge on any atom is -0.313 e. The van der Waals surface area contributed by atoms with Crippen molar-refractivity contribution >= 4 is 0 Å². The third-order valence-corrected chi connectivity index (χ3v) is 5.38. The van der Waals surface area contributed by atoms with Crippen LogP contribution >= 0.6 is 0 Å². The maximum Gasteiger partial charge on any atom is 0.0596 e. The molecule has 1 heterocycles. The highest BCUT2D eigenvalue weighted by molar-refractivity contribution is 5.12. The van der Waals surface area contributed by atoms with Gasteiger partial charge in [-0.15, -0.1) is 0 Å². The molecule has 1 aliphatic carbocycles. The molecule has 3 heteroatoms. The van der Waals surface area contributed by atoms with Crippen LogP contribution in [0.25, 0.3) is 0 Å². The lowest BCUT2D eigenvalue weighted by atomic mass is 9.74. The van der Waals surface area contributed by atoms with Gasteiger partial charge < -0.3 is 5.32 Å². The predicted molar refractivity (Wildman–Crippen MR) is 89.6 cm³/mol. The lowest BCUT2D eigenvalue weighted by Crippen LogP contribution is -2.46. The van der Waals surface area contributed by atoms with Gasteiger partial charge in [-0.25, -0.2) is 0 Å². The van der Waals surface area contributed by atoms with Crippen molar-refractivity contribution in [2.24, 2.45) is 5.41 Å². The van der Waals surface area contributed by atoms with Crippen LogP contribution in [-0.2, 0) is 13.0 Å². The third kappa shape index (κ3) is 3.68. The van der Waals surface area contributed by atoms with Gasteiger partial charge in [-0.3, -0.25) is 4.68 Å². The average Bonchev–Trinajstić information content (AvgIpc) is 3.10. The van der Waals surface area contributed by atoms with Crippen molar-refractivity contribution < 1.29 is 0 Å². The van der Waals surface area contributed by atoms with E-state index in [1.807, 2.05) is 0 Å². The van der Waals surface area contributed by atoms with E-state index in [0.717, 1.165) is 25.2 Å². The van der Waals surface area contributed by atoms with Crippen LogP contribution in [0.4, 0.5) is 0 Å². The molecule has 2 rings (SSSR count). The van der Waals surface area contributed by atoms with Gasteiger partial charge in [-0.1, -0.05) is 26.7 Å². The summed E-state index contributed by atoms with van der Waals surface area (Å²) in [6.45, 7) is 11.0. The molecule has 120 valence electrons. The molecule has 0 spiro atoms. The largest absolute Gasteiger partial charge is 0.313 e. The number of hydrogen-bond acceptors (Lipinski definition) is 2. The van der Waals surface area contributed by atoms with E-state index in [4.69, 9.17) is 0 Å². The van der Waals surface area contributed by atoms with E-state index in [-0.39, 0.29) is 0 Å². The Labute approximate surface area is 130 Å². The molecule has 0 aromatic carbocycles. The first kappa shape index (κ1) is 16.5. The zero-order valence-electron chi connectivity index (χ0n) is 14.4. The summed E-state index contributed by atoms with van der Waals surface area (Å²) >= 11 is 0. The highest BCUT2D eigenvalue weighted by Crippen LogP contribution is 2.44. The molecule has 1 fully saturated rings. The summed E-state index contributed by atoms with van der Waals surface area (Å²) in [7, 11) is 0. The van der Waals surface area contributed by atoms with Gasteiger partial charge >= 0.3 is 0 Å². The molecule has 1 aromatic rings. The van der Waals surface area contributed by atoms with Crippen LogP contribution in [-0.4, -0.2) is 22.4 Å². The standard InChI is InChI=1S/C18H33N3/c1-5-12-19-17(18(6-2)10-8-9-11-18)14-16-13-15(4)20-21(16)7-3/h13,17,19H,5-12,14H2,1-4H3. The minimum absolute atomic E-state index is 0.506. The van der Waals surface area contributed by atoms with Crippen LogP contribution in [0, 0.1) is 12.3 Å². The second kappa shape index (κ2) is 7.44. The van der Waals surface area contributed by atoms with Gasteiger partial charge in [0, 0.05) is 24.7 Å². The van der Waals surface area contributed by atoms with Crippen molar-refractivity contribution in [3.8, 4) is 0 Å². The molecule has 0 aliphatic heterocycles. The van der Waals surface area contributed by atoms with Gasteiger partial charge in [0.2, 0.25) is 0 Å². The number of aryl methyl sites for hydroxylation is 2. The van der Waals surface area contributed by atoms with Crippen LogP contribution < -0.4 is 5.32 Å². The molecule has 1 aromatic heterocycles. The van der Waals surface area contributed by atoms with Crippen molar-refractivity contribution in [2.45, 2.75) is 85.2 Å². The normalized spacial score (nSPS) is 19.0. The third-order valence-electron chi connectivity index (χ3n) is 5.38. The fourth-order valence-electron chi connectivity index (χ4n) is 4.10. The zero-order chi connectivity index (χ0) is 15.3. The predicted octanol–water partition coefficient (Wildman–Crippen LogP) is 4.09. The second-order valence-corrected chi connectivity index (χ2v) is 6.73. The molecular formula is C18H33N3. The van der Waals surface area contributed by atoms with E-state index >= 15 is 0 Å². The van der Waals surface area contributed by atoms with E-state index < -0.39 is 0 Å². The van der Waals surface area contributed by atoms with E-state index in [9.17, 15) is 0 Å². The Morgan fingerprint density at radius 1 is 1.29 bits per heavy atom. The Bertz CT molecular complexity index is 430. The molecule has 1 N–H and O–H groups in total. The van der Waals surface area contributed by atoms with Crippen molar-refractivity contribution in [3.05, 3.63) is 17.5 Å². The molecular weight excluding hydrogens is 258 g/mol. The summed E-state index contributed by atoms with van der Waals surface area (Å²) in [5.74, 6) is 0. The highest BCUT2D eigenvalue weighted by atomic mass is 15.3. The fraction of sp³-hybridized carbons (Fsp3) is 0.833. The Balaban J connectivity index is 2.19. The molecule has 1 atom stereocenters. The van der Waals surface area contributed by atoms with Gasteiger partial charge in [0.1, 0.15) is 0 Å². The smallest absolute Gasteiger partial charge is 0.0596 e. The molecule has 3 nitrogen and oxygen atoms in total. The SMILES string of the molecule is CCCNC(Cc1cc(C)nn1CC)C1(CC)CCCC1. The first-order valence-electron chi connectivity index (χ1n) is 8.92. The van der Waals surface area contributed by atoms with Crippen molar-refractivity contribution in [1.29, 1.82) is 0 Å². The Morgan fingerprint density at radius 2 is 2.00 bits per heavy atom. The van der Waals surface area contributed by atoms with Crippen molar-refractivity contribution in [1.82, 2.24) is 15.1 Å². The number of hydrogen-bond donors (Lipinski definition) is 1. The lowest BCUT2D eigenvalue weighted by Gasteiger charge is -2.38. The van der Waals surface area contributed by atoms with E-state index in [2.05, 4.69) is 48.9 Å². The average molecular weight is 291 g/mol. The van der Waals surface area contributed by atoms with Crippen LogP contribution in [0.3, 0.4) is 0 Å². The topological polar surface area (TPSA) is 29.9 Å². The Kier molecular flexibility index (Phi) is 5.86. The van der Waals surface area contributed by atoms with Gasteiger partial charge in [0.25, 0.3) is 0 Å². The van der Waals surface area contributed by atoms with E-state index in [0.29, 0.717) is 11.5 Å². The second-order valence-electron chi connectivity index (χ2n) is 6.73. The maximum atomic E-state index is 4.63. The van der Waals surface area contributed by atoms with Crippen molar-refractivity contribution in [2.75, 3.05) is 6.54 Å². The molecule has 0 amide bonds. The number of nitrogens with one attached hydrogen (secondary N) is 1. The summed E-state index contributed by atoms with van der Waals surface area (Å²) in [5.41, 5.74) is 3.06. The summed E-state index contributed by atoms with van der Waals surface area (Å²) in [6, 6.07) is 2.88. The van der Waals surface area contributed by atoms with Gasteiger partial charge in [-0.2, -0.15) is 5.10 Å². The van der Waals surface area contributed by atoms with Gasteiger partial charge in [0.15, 0.2) is 0 Å². The monoisotopic (exact) mass is 291 g/mol. The van der Waals surface area contributed by atoms with Crippen LogP contribution in [0.1, 0.15) is 70.7 Å². The maximum absolute atomic E-state index is 4.63. The Hall–Kier alpha value is -0.830. The molecule has 0 bridgehead atoms. The number of rotatable bonds is 8. The Morgan fingerprint density at radius 3 is 2.57 bits per heavy atom. The molecule has 1 unspecified atom stereocenters. The van der Waals surface area contributed by atoms with Crippen LogP contribution in [0.5, 0.6) is 0 Å². The first-order valence-corrected chi connectivity index (χ1v) is 8.92. The van der Waals surface area contributed by atoms with Crippen molar-refractivity contribution in [3.63, 3.8) is 0 Å². The minimum atomic E-state index is 0.506. The fourth-order valence-corrected chi connectivity index (χ4v) is 4.10. The molecule has 21 heavy (non-hydrogen) atoms. The summed E-state index contributed by atoms with van der Waals surface area (Å²) < 4.78 is 2.19. The molecule has 1 saturated carbocycles. The molecule has 0 radical (unpaired) electrons. The summed E-state index contributed by atoms with van der Waals surface area (Å²) in [5, 5.41) is 8.50. The van der Waals surface area contributed by atoms with E-state index in [1.165, 1.54) is 44.2 Å². The summed E-state index contributed by atoms with van der Waals surface area (Å²) in [4.78, 5) is 0. The quantitative estimate of drug-likeness (QED) is 0.781. The first-order chi connectivity index (χ1) is 10.1. The molecule has 0 saturated heterocycles. The van der Waals surface area contributed by atoms with Gasteiger partial charge in [-0.05, 0) is 57.6 Å². The number of nitrogens with zero attached hydrogens (tertiary/aromatic N) is 2. The highest BCUT2D eigenvalue weighted by Gasteiger charge is 2.39. The van der Waals surface area contributed by atoms with E-state index in [1.54, 1.807) is 0 Å².